The van der Waals surface area contributed by atoms with Crippen LogP contribution >= 0.6 is 0 Å². The topological polar surface area (TPSA) is 49.8 Å². The molecule has 0 fully saturated rings. The summed E-state index contributed by atoms with van der Waals surface area (Å²) in [4.78, 5) is 7.71. The van der Waals surface area contributed by atoms with Gasteiger partial charge in [-0.3, -0.25) is 0 Å². The first-order valence-corrected chi connectivity index (χ1v) is 7.80. The second-order valence-corrected chi connectivity index (χ2v) is 5.76. The molecule has 1 heterocycles. The SMILES string of the molecule is CC[C@H](C)Nc1nc(NCc2cccc(C)c2)cc(C(F)(F)F)n1. The van der Waals surface area contributed by atoms with Gasteiger partial charge in [0.1, 0.15) is 5.82 Å². The van der Waals surface area contributed by atoms with E-state index in [1.807, 2.05) is 45.0 Å². The number of hydrogen-bond donors (Lipinski definition) is 2. The quantitative estimate of drug-likeness (QED) is 0.806. The molecule has 4 nitrogen and oxygen atoms in total. The summed E-state index contributed by atoms with van der Waals surface area (Å²) in [5.41, 5.74) is 1.10. The molecule has 0 spiro atoms. The van der Waals surface area contributed by atoms with Gasteiger partial charge in [0.2, 0.25) is 5.95 Å². The number of nitrogens with one attached hydrogen (secondary N) is 2. The molecule has 1 atom stereocenters. The zero-order chi connectivity index (χ0) is 17.7. The molecule has 0 aliphatic rings. The van der Waals surface area contributed by atoms with E-state index in [4.69, 9.17) is 0 Å². The molecule has 2 N–H and O–H groups in total. The van der Waals surface area contributed by atoms with Crippen molar-refractivity contribution >= 4 is 11.8 Å². The highest BCUT2D eigenvalue weighted by molar-refractivity contribution is 5.44. The van der Waals surface area contributed by atoms with Gasteiger partial charge >= 0.3 is 6.18 Å². The van der Waals surface area contributed by atoms with E-state index in [9.17, 15) is 13.2 Å². The highest BCUT2D eigenvalue weighted by Crippen LogP contribution is 2.30. The zero-order valence-electron chi connectivity index (χ0n) is 13.9. The maximum absolute atomic E-state index is 13.0. The lowest BCUT2D eigenvalue weighted by molar-refractivity contribution is -0.141. The lowest BCUT2D eigenvalue weighted by Crippen LogP contribution is -2.19. The molecule has 24 heavy (non-hydrogen) atoms. The molecule has 1 aromatic heterocycles. The Morgan fingerprint density at radius 2 is 1.92 bits per heavy atom. The van der Waals surface area contributed by atoms with Gasteiger partial charge in [-0.2, -0.15) is 18.2 Å². The third kappa shape index (κ3) is 5.11. The van der Waals surface area contributed by atoms with Gasteiger partial charge in [0.25, 0.3) is 0 Å². The van der Waals surface area contributed by atoms with E-state index in [-0.39, 0.29) is 17.8 Å². The minimum Gasteiger partial charge on any atom is -0.366 e. The van der Waals surface area contributed by atoms with Crippen molar-refractivity contribution in [2.45, 2.75) is 46.0 Å². The van der Waals surface area contributed by atoms with E-state index in [0.717, 1.165) is 23.6 Å². The third-order valence-corrected chi connectivity index (χ3v) is 3.56. The fourth-order valence-corrected chi connectivity index (χ4v) is 2.08. The molecule has 0 saturated carbocycles. The highest BCUT2D eigenvalue weighted by atomic mass is 19.4. The van der Waals surface area contributed by atoms with Crippen LogP contribution in [0.25, 0.3) is 0 Å². The van der Waals surface area contributed by atoms with Gasteiger partial charge in [0, 0.05) is 18.7 Å². The molecule has 0 aliphatic carbocycles. The normalized spacial score (nSPS) is 12.8. The van der Waals surface area contributed by atoms with Gasteiger partial charge in [-0.15, -0.1) is 0 Å². The van der Waals surface area contributed by atoms with Crippen LogP contribution in [0.5, 0.6) is 0 Å². The first kappa shape index (κ1) is 18.0. The van der Waals surface area contributed by atoms with Crippen LogP contribution < -0.4 is 10.6 Å². The molecule has 0 unspecified atom stereocenters. The van der Waals surface area contributed by atoms with Crippen molar-refractivity contribution in [3.8, 4) is 0 Å². The minimum atomic E-state index is -4.52. The zero-order valence-corrected chi connectivity index (χ0v) is 13.9. The smallest absolute Gasteiger partial charge is 0.366 e. The van der Waals surface area contributed by atoms with Crippen LogP contribution in [-0.2, 0) is 12.7 Å². The fraction of sp³-hybridized carbons (Fsp3) is 0.412. The first-order chi connectivity index (χ1) is 11.3. The maximum Gasteiger partial charge on any atom is 0.433 e. The van der Waals surface area contributed by atoms with Crippen LogP contribution in [0.1, 0.15) is 37.1 Å². The molecular formula is C17H21F3N4. The number of hydrogen-bond acceptors (Lipinski definition) is 4. The molecule has 7 heteroatoms. The second kappa shape index (κ2) is 7.51. The highest BCUT2D eigenvalue weighted by Gasteiger charge is 2.33. The predicted octanol–water partition coefficient (Wildman–Crippen LogP) is 4.63. The number of anilines is 2. The lowest BCUT2D eigenvalue weighted by Gasteiger charge is -2.15. The van der Waals surface area contributed by atoms with Gasteiger partial charge in [-0.1, -0.05) is 36.8 Å². The summed E-state index contributed by atoms with van der Waals surface area (Å²) < 4.78 is 39.1. The molecule has 1 aromatic carbocycles. The predicted molar refractivity (Wildman–Crippen MR) is 88.9 cm³/mol. The number of rotatable bonds is 6. The van der Waals surface area contributed by atoms with E-state index < -0.39 is 11.9 Å². The van der Waals surface area contributed by atoms with Crippen molar-refractivity contribution in [3.63, 3.8) is 0 Å². The Balaban J connectivity index is 2.22. The summed E-state index contributed by atoms with van der Waals surface area (Å²) in [5.74, 6) is 0.121. The molecule has 0 saturated heterocycles. The molecule has 0 amide bonds. The van der Waals surface area contributed by atoms with Crippen molar-refractivity contribution in [2.24, 2.45) is 0 Å². The fourth-order valence-electron chi connectivity index (χ4n) is 2.08. The number of halogens is 3. The van der Waals surface area contributed by atoms with Gasteiger partial charge in [0.05, 0.1) is 0 Å². The molecule has 0 radical (unpaired) electrons. The number of alkyl halides is 3. The Morgan fingerprint density at radius 1 is 1.17 bits per heavy atom. The Morgan fingerprint density at radius 3 is 2.54 bits per heavy atom. The molecule has 0 bridgehead atoms. The Labute approximate surface area is 139 Å². The largest absolute Gasteiger partial charge is 0.433 e. The van der Waals surface area contributed by atoms with Crippen LogP contribution in [-0.4, -0.2) is 16.0 Å². The number of nitrogens with zero attached hydrogens (tertiary/aromatic N) is 2. The standard InChI is InChI=1S/C17H21F3N4/c1-4-12(3)22-16-23-14(17(18,19)20)9-15(24-16)21-10-13-7-5-6-11(2)8-13/h5-9,12H,4,10H2,1-3H3,(H2,21,22,23,24)/t12-/m0/s1. The van der Waals surface area contributed by atoms with Crippen molar-refractivity contribution < 1.29 is 13.2 Å². The van der Waals surface area contributed by atoms with Crippen LogP contribution in [0.15, 0.2) is 30.3 Å². The summed E-state index contributed by atoms with van der Waals surface area (Å²) in [7, 11) is 0. The van der Waals surface area contributed by atoms with Gasteiger partial charge in [-0.05, 0) is 25.8 Å². The summed E-state index contributed by atoms with van der Waals surface area (Å²) in [6.07, 6.45) is -3.76. The summed E-state index contributed by atoms with van der Waals surface area (Å²) >= 11 is 0. The first-order valence-electron chi connectivity index (χ1n) is 7.80. The van der Waals surface area contributed by atoms with Crippen molar-refractivity contribution in [3.05, 3.63) is 47.2 Å². The van der Waals surface area contributed by atoms with E-state index in [2.05, 4.69) is 20.6 Å². The monoisotopic (exact) mass is 338 g/mol. The van der Waals surface area contributed by atoms with Crippen molar-refractivity contribution in [1.29, 1.82) is 0 Å². The summed E-state index contributed by atoms with van der Waals surface area (Å²) in [6.45, 7) is 6.15. The van der Waals surface area contributed by atoms with Crippen LogP contribution in [0.2, 0.25) is 0 Å². The minimum absolute atomic E-state index is 0.0156. The van der Waals surface area contributed by atoms with Crippen LogP contribution in [0, 0.1) is 6.92 Å². The molecular weight excluding hydrogens is 317 g/mol. The summed E-state index contributed by atoms with van der Waals surface area (Å²) in [6, 6.07) is 8.66. The summed E-state index contributed by atoms with van der Waals surface area (Å²) in [5, 5.41) is 5.83. The molecule has 0 aliphatic heterocycles. The number of aromatic nitrogens is 2. The Hall–Kier alpha value is -2.31. The molecule has 2 aromatic rings. The molecule has 130 valence electrons. The Bertz CT molecular complexity index is 686. The van der Waals surface area contributed by atoms with E-state index in [0.29, 0.717) is 6.54 Å². The van der Waals surface area contributed by atoms with Crippen molar-refractivity contribution in [2.75, 3.05) is 10.6 Å². The average molecular weight is 338 g/mol. The average Bonchev–Trinajstić information content (AvgIpc) is 2.52. The second-order valence-electron chi connectivity index (χ2n) is 5.76. The number of aryl methyl sites for hydroxylation is 1. The lowest BCUT2D eigenvalue weighted by atomic mass is 10.1. The Kier molecular flexibility index (Phi) is 5.64. The van der Waals surface area contributed by atoms with Crippen molar-refractivity contribution in [1.82, 2.24) is 9.97 Å². The third-order valence-electron chi connectivity index (χ3n) is 3.56. The van der Waals surface area contributed by atoms with E-state index in [1.165, 1.54) is 0 Å². The molecule has 2 rings (SSSR count). The van der Waals surface area contributed by atoms with Gasteiger partial charge in [-0.25, -0.2) is 4.98 Å². The number of benzene rings is 1. The van der Waals surface area contributed by atoms with Gasteiger partial charge in [0.15, 0.2) is 5.69 Å². The van der Waals surface area contributed by atoms with Crippen LogP contribution in [0.3, 0.4) is 0 Å². The van der Waals surface area contributed by atoms with Gasteiger partial charge < -0.3 is 10.6 Å². The van der Waals surface area contributed by atoms with E-state index >= 15 is 0 Å². The van der Waals surface area contributed by atoms with E-state index in [1.54, 1.807) is 0 Å². The maximum atomic E-state index is 13.0. The van der Waals surface area contributed by atoms with Crippen LogP contribution in [0.4, 0.5) is 24.9 Å².